The summed E-state index contributed by atoms with van der Waals surface area (Å²) in [4.78, 5) is 26.8. The highest BCUT2D eigenvalue weighted by atomic mass is 31.2. The number of nitrogens with zero attached hydrogens (tertiary/aromatic N) is 2. The summed E-state index contributed by atoms with van der Waals surface area (Å²) in [5, 5.41) is 22.9. The van der Waals surface area contributed by atoms with Crippen LogP contribution >= 0.6 is 14.3 Å². The molecule has 0 amide bonds. The molecule has 0 saturated heterocycles. The van der Waals surface area contributed by atoms with Gasteiger partial charge in [0.2, 0.25) is 0 Å². The van der Waals surface area contributed by atoms with E-state index in [-0.39, 0.29) is 55.1 Å². The van der Waals surface area contributed by atoms with Gasteiger partial charge in [-0.25, -0.2) is 9.59 Å². The zero-order chi connectivity index (χ0) is 48.2. The highest BCUT2D eigenvalue weighted by Gasteiger charge is 2.43. The molecule has 7 aromatic rings. The summed E-state index contributed by atoms with van der Waals surface area (Å²) in [7, 11) is -7.63. The van der Waals surface area contributed by atoms with Gasteiger partial charge in [-0.2, -0.15) is 10.5 Å². The average molecular weight is 953 g/mol. The molecule has 2 aliphatic carbocycles. The summed E-state index contributed by atoms with van der Waals surface area (Å²) in [6, 6.07) is 48.2. The van der Waals surface area contributed by atoms with E-state index >= 15 is 9.13 Å². The first kappa shape index (κ1) is 45.1. The van der Waals surface area contributed by atoms with Gasteiger partial charge >= 0.3 is 24.7 Å². The molecule has 0 radical (unpaired) electrons. The van der Waals surface area contributed by atoms with Crippen molar-refractivity contribution in [2.75, 3.05) is 0 Å². The maximum Gasteiger partial charge on any atom is 0.575 e. The fourth-order valence-corrected chi connectivity index (χ4v) is 14.1. The van der Waals surface area contributed by atoms with E-state index < -0.39 is 61.2 Å². The first-order valence-electron chi connectivity index (χ1n) is 20.3. The van der Waals surface area contributed by atoms with Gasteiger partial charge in [0.25, 0.3) is 0 Å². The van der Waals surface area contributed by atoms with E-state index in [1.165, 1.54) is 36.4 Å². The number of esters is 2. The number of carbonyl (C=O) groups excluding carboxylic acids is 2. The Hall–Kier alpha value is -8.02. The van der Waals surface area contributed by atoms with Crippen molar-refractivity contribution in [3.63, 3.8) is 0 Å². The van der Waals surface area contributed by atoms with Gasteiger partial charge in [0, 0.05) is 43.0 Å². The van der Waals surface area contributed by atoms with Crippen molar-refractivity contribution in [2.45, 2.75) is 12.7 Å². The maximum atomic E-state index is 15.6. The molecular formula is C52H28F6N2O6P2. The molecule has 2 aliphatic rings. The van der Waals surface area contributed by atoms with Gasteiger partial charge in [-0.15, -0.1) is 26.3 Å². The minimum atomic E-state index is -5.55. The Morgan fingerprint density at radius 2 is 0.662 bits per heavy atom. The van der Waals surface area contributed by atoms with Gasteiger partial charge in [0.1, 0.15) is 23.3 Å². The number of hydrogen-bond acceptors (Lipinski definition) is 8. The van der Waals surface area contributed by atoms with E-state index in [0.29, 0.717) is 21.2 Å². The molecule has 0 bridgehead atoms. The van der Waals surface area contributed by atoms with Crippen molar-refractivity contribution in [3.05, 3.63) is 203 Å². The van der Waals surface area contributed by atoms with Gasteiger partial charge in [-0.1, -0.05) is 146 Å². The number of hydrogen-bond donors (Lipinski definition) is 0. The van der Waals surface area contributed by atoms with E-state index in [4.69, 9.17) is 0 Å². The van der Waals surface area contributed by atoms with Crippen molar-refractivity contribution >= 4 is 69.2 Å². The Labute approximate surface area is 383 Å². The highest BCUT2D eigenvalue weighted by Crippen LogP contribution is 2.55. The van der Waals surface area contributed by atoms with Crippen LogP contribution in [0.15, 0.2) is 181 Å². The summed E-state index contributed by atoms with van der Waals surface area (Å²) < 4.78 is 121. The Morgan fingerprint density at radius 1 is 0.382 bits per heavy atom. The summed E-state index contributed by atoms with van der Waals surface area (Å²) in [6.45, 7) is 0. The molecule has 7 aromatic carbocycles. The van der Waals surface area contributed by atoms with Gasteiger partial charge in [-0.05, 0) is 68.8 Å². The summed E-state index contributed by atoms with van der Waals surface area (Å²) in [6.07, 6.45) is -11.1. The van der Waals surface area contributed by atoms with Crippen LogP contribution in [0.3, 0.4) is 0 Å². The lowest BCUT2D eigenvalue weighted by atomic mass is 9.92. The third-order valence-electron chi connectivity index (χ3n) is 11.6. The Balaban J connectivity index is 1.34. The quantitative estimate of drug-likeness (QED) is 0.0484. The smallest absolute Gasteiger partial charge is 0.369 e. The first-order chi connectivity index (χ1) is 32.5. The van der Waals surface area contributed by atoms with Crippen LogP contribution in [0.4, 0.5) is 26.3 Å². The van der Waals surface area contributed by atoms with E-state index in [1.807, 2.05) is 0 Å². The van der Waals surface area contributed by atoms with Crippen LogP contribution in [-0.4, -0.2) is 24.7 Å². The SMILES string of the molecule is N#C/C(C(=O)OC(F)(F)F)=C1/c2cc(P(=O)(c3ccccc3)c3ccccc3)ccc2-c2cc3c(cc21)/C(=C(/C#N)C(=O)OC(F)(F)F)c1cc(P(=O)(c2ccccc2)c2ccccc2)ccc1-3. The zero-order valence-electron chi connectivity index (χ0n) is 34.7. The third kappa shape index (κ3) is 7.74. The first-order valence-corrected chi connectivity index (χ1v) is 23.7. The number of ether oxygens (including phenoxy) is 2. The second-order valence-corrected chi connectivity index (χ2v) is 20.9. The summed E-state index contributed by atoms with van der Waals surface area (Å²) in [5.74, 6) is -4.19. The monoisotopic (exact) mass is 952 g/mol. The molecule has 8 nitrogen and oxygen atoms in total. The number of benzene rings is 7. The molecule has 0 aliphatic heterocycles. The van der Waals surface area contributed by atoms with Gasteiger partial charge in [0.05, 0.1) is 0 Å². The number of rotatable bonds is 8. The molecule has 68 heavy (non-hydrogen) atoms. The standard InChI is InChI=1S/C52H28F6N2O6P2/c53-51(54,55)65-49(61)45(29-59)47-41-25-35(67(63,31-13-5-1-6-14-31)32-15-7-2-8-16-32)21-23-37(41)39-27-40-38-24-22-36(68(64,33-17-9-3-10-18-33)34-19-11-4-12-20-34)26-42(38)48(44(40)28-43(39)47)46(30-60)50(62)66-52(56,57)58/h1-28H/b47-45-,48-46+. The topological polar surface area (TPSA) is 134 Å². The van der Waals surface area contributed by atoms with E-state index in [2.05, 4.69) is 9.47 Å². The molecule has 0 N–H and O–H groups in total. The Bertz CT molecular complexity index is 3170. The lowest BCUT2D eigenvalue weighted by Crippen LogP contribution is -2.25. The molecule has 0 spiro atoms. The number of carbonyl (C=O) groups is 2. The average Bonchev–Trinajstić information content (AvgIpc) is 3.81. The molecular weight excluding hydrogens is 925 g/mol. The lowest BCUT2D eigenvalue weighted by Gasteiger charge is -2.21. The second-order valence-electron chi connectivity index (χ2n) is 15.4. The maximum absolute atomic E-state index is 15.6. The normalized spacial score (nSPS) is 14.3. The number of nitriles is 2. The molecule has 0 saturated carbocycles. The van der Waals surface area contributed by atoms with E-state index in [9.17, 15) is 46.5 Å². The number of fused-ring (bicyclic) bond motifs is 6. The molecule has 334 valence electrons. The minimum Gasteiger partial charge on any atom is -0.369 e. The number of halogens is 6. The Morgan fingerprint density at radius 3 is 0.941 bits per heavy atom. The lowest BCUT2D eigenvalue weighted by molar-refractivity contribution is -0.304. The molecule has 16 heteroatoms. The van der Waals surface area contributed by atoms with Crippen molar-refractivity contribution in [2.24, 2.45) is 0 Å². The molecule has 0 aromatic heterocycles. The van der Waals surface area contributed by atoms with Crippen LogP contribution in [-0.2, 0) is 28.2 Å². The van der Waals surface area contributed by atoms with Crippen molar-refractivity contribution in [1.82, 2.24) is 0 Å². The van der Waals surface area contributed by atoms with Crippen molar-refractivity contribution in [1.29, 1.82) is 10.5 Å². The minimum absolute atomic E-state index is 0.0197. The van der Waals surface area contributed by atoms with Crippen LogP contribution in [0.5, 0.6) is 0 Å². The van der Waals surface area contributed by atoms with Crippen LogP contribution < -0.4 is 31.8 Å². The van der Waals surface area contributed by atoms with Gasteiger partial charge in [-0.3, -0.25) is 0 Å². The molecule has 0 unspecified atom stereocenters. The van der Waals surface area contributed by atoms with Gasteiger partial charge in [0.15, 0.2) is 14.3 Å². The summed E-state index contributed by atoms with van der Waals surface area (Å²) in [5.41, 5.74) is -2.51. The van der Waals surface area contributed by atoms with Crippen LogP contribution in [0.1, 0.15) is 22.3 Å². The Kier molecular flexibility index (Phi) is 11.3. The predicted molar refractivity (Wildman–Crippen MR) is 244 cm³/mol. The molecule has 0 atom stereocenters. The zero-order valence-corrected chi connectivity index (χ0v) is 36.5. The molecule has 0 heterocycles. The second kappa shape index (κ2) is 17.0. The fourth-order valence-electron chi connectivity index (χ4n) is 8.79. The summed E-state index contributed by atoms with van der Waals surface area (Å²) >= 11 is 0. The predicted octanol–water partition coefficient (Wildman–Crippen LogP) is 9.70. The fraction of sp³-hybridized carbons (Fsp3) is 0.0385. The van der Waals surface area contributed by atoms with E-state index in [0.717, 1.165) is 0 Å². The molecule has 0 fully saturated rings. The molecule has 9 rings (SSSR count). The van der Waals surface area contributed by atoms with Crippen LogP contribution in [0.25, 0.3) is 33.4 Å². The van der Waals surface area contributed by atoms with Crippen LogP contribution in [0, 0.1) is 22.7 Å². The van der Waals surface area contributed by atoms with Gasteiger partial charge < -0.3 is 18.6 Å². The van der Waals surface area contributed by atoms with Crippen LogP contribution in [0.2, 0.25) is 0 Å². The number of alkyl halides is 6. The largest absolute Gasteiger partial charge is 0.575 e. The van der Waals surface area contributed by atoms with E-state index in [1.54, 1.807) is 146 Å². The highest BCUT2D eigenvalue weighted by molar-refractivity contribution is 7.85. The third-order valence-corrected chi connectivity index (χ3v) is 17.7. The van der Waals surface area contributed by atoms with Crippen molar-refractivity contribution in [3.8, 4) is 34.4 Å². The van der Waals surface area contributed by atoms with Crippen molar-refractivity contribution < 1.29 is 54.5 Å².